The minimum Gasteiger partial charge on any atom is -0.497 e. The molecule has 0 bridgehead atoms. The summed E-state index contributed by atoms with van der Waals surface area (Å²) in [7, 11) is 5.18. The highest BCUT2D eigenvalue weighted by molar-refractivity contribution is 7.98. The first-order valence-electron chi connectivity index (χ1n) is 8.35. The molecule has 1 atom stereocenters. The fraction of sp³-hybridized carbons (Fsp3) is 0.350. The summed E-state index contributed by atoms with van der Waals surface area (Å²) < 4.78 is 10.7. The number of thioether (sulfide) groups is 1. The number of carbonyl (C=O) groups is 1. The molecule has 1 amide bonds. The van der Waals surface area contributed by atoms with Crippen LogP contribution in [0.3, 0.4) is 0 Å². The van der Waals surface area contributed by atoms with E-state index in [2.05, 4.69) is 5.32 Å². The van der Waals surface area contributed by atoms with Crippen LogP contribution in [0, 0.1) is 0 Å². The van der Waals surface area contributed by atoms with E-state index >= 15 is 0 Å². The summed E-state index contributed by atoms with van der Waals surface area (Å²) in [5.41, 5.74) is 1.84. The fourth-order valence-electron chi connectivity index (χ4n) is 2.57. The lowest BCUT2D eigenvalue weighted by molar-refractivity contribution is -0.120. The van der Waals surface area contributed by atoms with Crippen LogP contribution in [0.5, 0.6) is 11.5 Å². The number of nitrogens with zero attached hydrogens (tertiary/aromatic N) is 1. The Hall–Kier alpha value is -2.18. The molecule has 6 heteroatoms. The molecule has 0 spiro atoms. The van der Waals surface area contributed by atoms with E-state index in [4.69, 9.17) is 9.47 Å². The summed E-state index contributed by atoms with van der Waals surface area (Å²) in [4.78, 5) is 15.7. The monoisotopic (exact) mass is 374 g/mol. The van der Waals surface area contributed by atoms with Crippen molar-refractivity contribution in [3.8, 4) is 11.5 Å². The maximum atomic E-state index is 12.7. The van der Waals surface area contributed by atoms with Gasteiger partial charge in [0.25, 0.3) is 0 Å². The molecule has 0 unspecified atom stereocenters. The van der Waals surface area contributed by atoms with Gasteiger partial charge in [-0.3, -0.25) is 9.69 Å². The van der Waals surface area contributed by atoms with Crippen LogP contribution in [0.25, 0.3) is 0 Å². The minimum absolute atomic E-state index is 0.0403. The third kappa shape index (κ3) is 4.93. The van der Waals surface area contributed by atoms with Crippen molar-refractivity contribution >= 4 is 23.4 Å². The smallest absolute Gasteiger partial charge is 0.241 e. The van der Waals surface area contributed by atoms with E-state index < -0.39 is 0 Å². The lowest BCUT2D eigenvalue weighted by atomic mass is 10.1. The minimum atomic E-state index is -0.295. The predicted octanol–water partition coefficient (Wildman–Crippen LogP) is 3.88. The zero-order chi connectivity index (χ0) is 19.1. The Morgan fingerprint density at radius 1 is 1.19 bits per heavy atom. The molecule has 26 heavy (non-hydrogen) atoms. The second kappa shape index (κ2) is 9.50. The highest BCUT2D eigenvalue weighted by atomic mass is 32.2. The van der Waals surface area contributed by atoms with Gasteiger partial charge in [-0.05, 0) is 38.4 Å². The Morgan fingerprint density at radius 2 is 1.92 bits per heavy atom. The van der Waals surface area contributed by atoms with Gasteiger partial charge in [0.2, 0.25) is 5.91 Å². The maximum absolute atomic E-state index is 12.7. The number of carbonyl (C=O) groups excluding carboxylic acids is 1. The van der Waals surface area contributed by atoms with Crippen molar-refractivity contribution in [2.24, 2.45) is 0 Å². The number of ether oxygens (including phenoxy) is 2. The third-order valence-electron chi connectivity index (χ3n) is 4.32. The van der Waals surface area contributed by atoms with Crippen molar-refractivity contribution in [3.63, 3.8) is 0 Å². The Labute approximate surface area is 159 Å². The number of para-hydroxylation sites is 1. The summed E-state index contributed by atoms with van der Waals surface area (Å²) >= 11 is 1.61. The normalized spacial score (nSPS) is 11.9. The Balaban J connectivity index is 2.07. The van der Waals surface area contributed by atoms with Crippen LogP contribution >= 0.6 is 11.8 Å². The van der Waals surface area contributed by atoms with Gasteiger partial charge in [-0.2, -0.15) is 0 Å². The molecule has 0 aliphatic carbocycles. The van der Waals surface area contributed by atoms with Gasteiger partial charge in [-0.15, -0.1) is 11.8 Å². The molecule has 0 saturated carbocycles. The van der Waals surface area contributed by atoms with Crippen LogP contribution in [-0.4, -0.2) is 44.4 Å². The van der Waals surface area contributed by atoms with Crippen LogP contribution in [-0.2, 0) is 11.3 Å². The second-order valence-corrected chi connectivity index (χ2v) is 6.81. The van der Waals surface area contributed by atoms with E-state index in [0.717, 1.165) is 27.6 Å². The van der Waals surface area contributed by atoms with Crippen molar-refractivity contribution in [1.29, 1.82) is 0 Å². The summed E-state index contributed by atoms with van der Waals surface area (Å²) in [6.45, 7) is 2.49. The van der Waals surface area contributed by atoms with Gasteiger partial charge in [-0.1, -0.05) is 18.2 Å². The summed E-state index contributed by atoms with van der Waals surface area (Å²) in [6.07, 6.45) is 2.00. The Morgan fingerprint density at radius 3 is 2.58 bits per heavy atom. The molecule has 0 saturated heterocycles. The van der Waals surface area contributed by atoms with E-state index in [1.54, 1.807) is 26.0 Å². The standard InChI is InChI=1S/C20H26N2O3S/c1-14(20(23)21-17-8-6-7-9-19(17)26-5)22(2)13-15-10-11-16(24-3)12-18(15)25-4/h6-12,14H,13H2,1-5H3,(H,21,23)/t14-/m0/s1. The van der Waals surface area contributed by atoms with Gasteiger partial charge < -0.3 is 14.8 Å². The highest BCUT2D eigenvalue weighted by Gasteiger charge is 2.20. The number of amides is 1. The van der Waals surface area contributed by atoms with E-state index in [1.807, 2.05) is 67.6 Å². The van der Waals surface area contributed by atoms with Crippen LogP contribution < -0.4 is 14.8 Å². The molecule has 0 fully saturated rings. The number of hydrogen-bond donors (Lipinski definition) is 1. The van der Waals surface area contributed by atoms with Crippen LogP contribution in [0.15, 0.2) is 47.4 Å². The molecule has 1 N–H and O–H groups in total. The van der Waals surface area contributed by atoms with Crippen LogP contribution in [0.4, 0.5) is 5.69 Å². The molecule has 0 aliphatic heterocycles. The highest BCUT2D eigenvalue weighted by Crippen LogP contribution is 2.27. The molecule has 2 rings (SSSR count). The first-order valence-corrected chi connectivity index (χ1v) is 9.57. The first kappa shape index (κ1) is 20.1. The largest absolute Gasteiger partial charge is 0.497 e. The van der Waals surface area contributed by atoms with Crippen molar-refractivity contribution in [2.45, 2.75) is 24.4 Å². The topological polar surface area (TPSA) is 50.8 Å². The molecule has 140 valence electrons. The zero-order valence-corrected chi connectivity index (χ0v) is 16.7. The number of methoxy groups -OCH3 is 2. The van der Waals surface area contributed by atoms with Gasteiger partial charge in [0.05, 0.1) is 25.9 Å². The van der Waals surface area contributed by atoms with Crippen molar-refractivity contribution in [1.82, 2.24) is 4.90 Å². The number of hydrogen-bond acceptors (Lipinski definition) is 5. The fourth-order valence-corrected chi connectivity index (χ4v) is 3.13. The molecule has 2 aromatic rings. The van der Waals surface area contributed by atoms with Gasteiger partial charge in [0.1, 0.15) is 11.5 Å². The zero-order valence-electron chi connectivity index (χ0n) is 15.9. The average molecular weight is 375 g/mol. The van der Waals surface area contributed by atoms with Crippen molar-refractivity contribution in [2.75, 3.05) is 32.8 Å². The quantitative estimate of drug-likeness (QED) is 0.711. The van der Waals surface area contributed by atoms with Gasteiger partial charge in [-0.25, -0.2) is 0 Å². The van der Waals surface area contributed by atoms with E-state index in [0.29, 0.717) is 6.54 Å². The molecule has 5 nitrogen and oxygen atoms in total. The summed E-state index contributed by atoms with van der Waals surface area (Å²) in [6, 6.07) is 13.2. The molecular weight excluding hydrogens is 348 g/mol. The molecule has 0 aromatic heterocycles. The third-order valence-corrected chi connectivity index (χ3v) is 5.12. The van der Waals surface area contributed by atoms with Gasteiger partial charge in [0.15, 0.2) is 0 Å². The van der Waals surface area contributed by atoms with E-state index in [-0.39, 0.29) is 11.9 Å². The SMILES string of the molecule is COc1ccc(CN(C)[C@@H](C)C(=O)Nc2ccccc2SC)c(OC)c1. The number of benzene rings is 2. The van der Waals surface area contributed by atoms with Gasteiger partial charge in [0, 0.05) is 23.1 Å². The van der Waals surface area contributed by atoms with E-state index in [1.165, 1.54) is 0 Å². The molecule has 0 aliphatic rings. The predicted molar refractivity (Wildman–Crippen MR) is 107 cm³/mol. The van der Waals surface area contributed by atoms with Crippen molar-refractivity contribution in [3.05, 3.63) is 48.0 Å². The van der Waals surface area contributed by atoms with Gasteiger partial charge >= 0.3 is 0 Å². The van der Waals surface area contributed by atoms with Crippen molar-refractivity contribution < 1.29 is 14.3 Å². The summed E-state index contributed by atoms with van der Waals surface area (Å²) in [5.74, 6) is 1.45. The molecule has 2 aromatic carbocycles. The van der Waals surface area contributed by atoms with E-state index in [9.17, 15) is 4.79 Å². The average Bonchev–Trinajstić information content (AvgIpc) is 2.67. The van der Waals surface area contributed by atoms with Crippen LogP contribution in [0.2, 0.25) is 0 Å². The number of nitrogens with one attached hydrogen (secondary N) is 1. The molecule has 0 radical (unpaired) electrons. The summed E-state index contributed by atoms with van der Waals surface area (Å²) in [5, 5.41) is 3.02. The molecule has 0 heterocycles. The number of rotatable bonds is 8. The molecular formula is C20H26N2O3S. The lowest BCUT2D eigenvalue weighted by Crippen LogP contribution is -2.39. The first-order chi connectivity index (χ1) is 12.5. The Kier molecular flexibility index (Phi) is 7.36. The number of anilines is 1. The Bertz CT molecular complexity index is 752. The number of likely N-dealkylation sites (N-methyl/N-ethyl adjacent to an activating group) is 1. The second-order valence-electron chi connectivity index (χ2n) is 5.96. The maximum Gasteiger partial charge on any atom is 0.241 e. The lowest BCUT2D eigenvalue weighted by Gasteiger charge is -2.25. The van der Waals surface area contributed by atoms with Crippen LogP contribution in [0.1, 0.15) is 12.5 Å².